The van der Waals surface area contributed by atoms with E-state index in [2.05, 4.69) is 42.1 Å². The zero-order chi connectivity index (χ0) is 18.3. The van der Waals surface area contributed by atoms with Gasteiger partial charge in [-0.05, 0) is 74.3 Å². The molecule has 0 amide bonds. The van der Waals surface area contributed by atoms with E-state index in [4.69, 9.17) is 4.74 Å². The summed E-state index contributed by atoms with van der Waals surface area (Å²) in [4.78, 5) is 4.93. The number of nitrogens with zero attached hydrogens (tertiary/aromatic N) is 2. The maximum Gasteiger partial charge on any atom is 0.123 e. The first-order valence-corrected chi connectivity index (χ1v) is 9.39. The highest BCUT2D eigenvalue weighted by Gasteiger charge is 2.48. The average molecular weight is 354 g/mol. The number of benzene rings is 2. The Labute approximate surface area is 155 Å². The van der Waals surface area contributed by atoms with Gasteiger partial charge in [0.05, 0.1) is 12.6 Å². The van der Waals surface area contributed by atoms with Crippen LogP contribution in [0.3, 0.4) is 0 Å². The van der Waals surface area contributed by atoms with Gasteiger partial charge in [-0.3, -0.25) is 4.90 Å². The van der Waals surface area contributed by atoms with Crippen LogP contribution in [-0.2, 0) is 12.0 Å². The van der Waals surface area contributed by atoms with Gasteiger partial charge >= 0.3 is 0 Å². The summed E-state index contributed by atoms with van der Waals surface area (Å²) in [5.41, 5.74) is 3.66. The van der Waals surface area contributed by atoms with Gasteiger partial charge in [0.25, 0.3) is 0 Å². The molecular formula is C22H27FN2O. The molecule has 0 aromatic heterocycles. The summed E-state index contributed by atoms with van der Waals surface area (Å²) in [7, 11) is 6.04. The summed E-state index contributed by atoms with van der Waals surface area (Å²) in [6, 6.07) is 14.1. The molecule has 0 aliphatic carbocycles. The lowest BCUT2D eigenvalue weighted by molar-refractivity contribution is 0.0243. The summed E-state index contributed by atoms with van der Waals surface area (Å²) in [5.74, 6) is 0.706. The van der Waals surface area contributed by atoms with Gasteiger partial charge in [0.2, 0.25) is 0 Å². The minimum atomic E-state index is -0.219. The number of fused-ring (bicyclic) bond motifs is 3. The molecular weight excluding hydrogens is 327 g/mol. The van der Waals surface area contributed by atoms with Gasteiger partial charge < -0.3 is 9.64 Å². The van der Waals surface area contributed by atoms with Crippen LogP contribution in [0.2, 0.25) is 0 Å². The fourth-order valence-electron chi connectivity index (χ4n) is 4.81. The van der Waals surface area contributed by atoms with E-state index in [-0.39, 0.29) is 11.4 Å². The highest BCUT2D eigenvalue weighted by Crippen LogP contribution is 2.48. The van der Waals surface area contributed by atoms with Crippen molar-refractivity contribution in [3.05, 3.63) is 65.0 Å². The number of hydrogen-bond donors (Lipinski definition) is 0. The summed E-state index contributed by atoms with van der Waals surface area (Å²) in [6.45, 7) is 2.09. The normalized spacial score (nSPS) is 25.7. The molecule has 2 unspecified atom stereocenters. The minimum absolute atomic E-state index is 0.182. The summed E-state index contributed by atoms with van der Waals surface area (Å²) >= 11 is 0. The fraction of sp³-hybridized carbons (Fsp3) is 0.455. The molecule has 2 aromatic rings. The maximum absolute atomic E-state index is 13.7. The number of ether oxygens (including phenoxy) is 1. The van der Waals surface area contributed by atoms with Crippen LogP contribution in [0.15, 0.2) is 42.5 Å². The Morgan fingerprint density at radius 3 is 2.58 bits per heavy atom. The number of halogens is 1. The van der Waals surface area contributed by atoms with Crippen molar-refractivity contribution >= 4 is 0 Å². The van der Waals surface area contributed by atoms with Gasteiger partial charge in [0, 0.05) is 19.1 Å². The molecule has 0 N–H and O–H groups in total. The van der Waals surface area contributed by atoms with Gasteiger partial charge in [-0.25, -0.2) is 4.39 Å². The largest absolute Gasteiger partial charge is 0.497 e. The second-order valence-corrected chi connectivity index (χ2v) is 7.74. The molecule has 0 saturated carbocycles. The van der Waals surface area contributed by atoms with Gasteiger partial charge in [-0.2, -0.15) is 0 Å². The summed E-state index contributed by atoms with van der Waals surface area (Å²) in [6.07, 6.45) is 3.22. The molecule has 4 heteroatoms. The fourth-order valence-corrected chi connectivity index (χ4v) is 4.81. The minimum Gasteiger partial charge on any atom is -0.497 e. The molecule has 4 rings (SSSR count). The topological polar surface area (TPSA) is 15.7 Å². The van der Waals surface area contributed by atoms with E-state index in [9.17, 15) is 4.39 Å². The van der Waals surface area contributed by atoms with Crippen LogP contribution in [0.1, 0.15) is 29.5 Å². The van der Waals surface area contributed by atoms with Crippen molar-refractivity contribution in [2.45, 2.75) is 30.8 Å². The lowest BCUT2D eigenvalue weighted by Crippen LogP contribution is -2.58. The lowest BCUT2D eigenvalue weighted by Gasteiger charge is -2.54. The molecule has 2 aromatic carbocycles. The SMILES string of the molecule is COc1ccc2c(c1)C1(c3ccc(F)cc3)CC(N(C)C)CCN1CC2. The van der Waals surface area contributed by atoms with E-state index >= 15 is 0 Å². The van der Waals surface area contributed by atoms with E-state index < -0.39 is 0 Å². The van der Waals surface area contributed by atoms with E-state index in [1.807, 2.05) is 12.1 Å². The molecule has 1 fully saturated rings. The van der Waals surface area contributed by atoms with Gasteiger partial charge in [0.15, 0.2) is 0 Å². The standard InChI is InChI=1S/C22H27FN2O/c1-24(2)19-11-13-25-12-10-16-4-9-20(26-3)14-21(16)22(25,15-19)17-5-7-18(23)8-6-17/h4-9,14,19H,10-13,15H2,1-3H3. The Bertz CT molecular complexity index is 789. The van der Waals surface area contributed by atoms with Crippen molar-refractivity contribution in [3.8, 4) is 5.75 Å². The molecule has 1 saturated heterocycles. The van der Waals surface area contributed by atoms with Crippen LogP contribution in [0.25, 0.3) is 0 Å². The van der Waals surface area contributed by atoms with Crippen LogP contribution >= 0.6 is 0 Å². The second-order valence-electron chi connectivity index (χ2n) is 7.74. The van der Waals surface area contributed by atoms with E-state index in [1.165, 1.54) is 16.7 Å². The molecule has 2 aliphatic rings. The zero-order valence-electron chi connectivity index (χ0n) is 15.8. The first kappa shape index (κ1) is 17.5. The highest BCUT2D eigenvalue weighted by atomic mass is 19.1. The van der Waals surface area contributed by atoms with Crippen molar-refractivity contribution in [2.75, 3.05) is 34.3 Å². The number of methoxy groups -OCH3 is 1. The van der Waals surface area contributed by atoms with Gasteiger partial charge in [-0.1, -0.05) is 18.2 Å². The molecule has 26 heavy (non-hydrogen) atoms. The Hall–Kier alpha value is -1.91. The third-order valence-corrected chi connectivity index (χ3v) is 6.27. The maximum atomic E-state index is 13.7. The Kier molecular flexibility index (Phi) is 4.49. The van der Waals surface area contributed by atoms with Crippen molar-refractivity contribution < 1.29 is 9.13 Å². The van der Waals surface area contributed by atoms with Crippen molar-refractivity contribution in [2.24, 2.45) is 0 Å². The third kappa shape index (κ3) is 2.72. The van der Waals surface area contributed by atoms with E-state index in [0.717, 1.165) is 38.1 Å². The first-order chi connectivity index (χ1) is 12.5. The first-order valence-electron chi connectivity index (χ1n) is 9.39. The van der Waals surface area contributed by atoms with Gasteiger partial charge in [0.1, 0.15) is 11.6 Å². The van der Waals surface area contributed by atoms with Gasteiger partial charge in [-0.15, -0.1) is 0 Å². The smallest absolute Gasteiger partial charge is 0.123 e. The Morgan fingerprint density at radius 1 is 1.12 bits per heavy atom. The van der Waals surface area contributed by atoms with Crippen LogP contribution < -0.4 is 4.74 Å². The number of rotatable bonds is 3. The molecule has 2 aliphatic heterocycles. The second kappa shape index (κ2) is 6.67. The van der Waals surface area contributed by atoms with Crippen LogP contribution in [0, 0.1) is 5.82 Å². The van der Waals surface area contributed by atoms with Crippen molar-refractivity contribution in [3.63, 3.8) is 0 Å². The number of hydrogen-bond acceptors (Lipinski definition) is 3. The highest BCUT2D eigenvalue weighted by molar-refractivity contribution is 5.49. The van der Waals surface area contributed by atoms with E-state index in [1.54, 1.807) is 19.2 Å². The third-order valence-electron chi connectivity index (χ3n) is 6.27. The predicted octanol–water partition coefficient (Wildman–Crippen LogP) is 3.66. The predicted molar refractivity (Wildman–Crippen MR) is 102 cm³/mol. The summed E-state index contributed by atoms with van der Waals surface area (Å²) < 4.78 is 19.2. The molecule has 0 radical (unpaired) electrons. The molecule has 0 bridgehead atoms. The molecule has 2 heterocycles. The van der Waals surface area contributed by atoms with Crippen molar-refractivity contribution in [1.82, 2.24) is 9.80 Å². The molecule has 0 spiro atoms. The van der Waals surface area contributed by atoms with Crippen LogP contribution in [-0.4, -0.2) is 50.1 Å². The lowest BCUT2D eigenvalue weighted by atomic mass is 9.69. The Balaban J connectivity index is 1.93. The Morgan fingerprint density at radius 2 is 1.88 bits per heavy atom. The average Bonchev–Trinajstić information content (AvgIpc) is 2.67. The quantitative estimate of drug-likeness (QED) is 0.837. The van der Waals surface area contributed by atoms with Crippen LogP contribution in [0.4, 0.5) is 4.39 Å². The molecule has 2 atom stereocenters. The number of piperidine rings is 1. The molecule has 3 nitrogen and oxygen atoms in total. The monoisotopic (exact) mass is 354 g/mol. The summed E-state index contributed by atoms with van der Waals surface area (Å²) in [5, 5.41) is 0. The zero-order valence-corrected chi connectivity index (χ0v) is 15.8. The van der Waals surface area contributed by atoms with E-state index in [0.29, 0.717) is 6.04 Å². The molecule has 138 valence electrons. The van der Waals surface area contributed by atoms with Crippen molar-refractivity contribution in [1.29, 1.82) is 0 Å². The van der Waals surface area contributed by atoms with Crippen LogP contribution in [0.5, 0.6) is 5.75 Å².